The standard InChI is InChI=1S/C26H45N/c1-5-7-8-9-10-11-12-13-14-15-16-17-20-23(6-2)24-21-18-19-22-25(24)26(3,4)27/h6,18-19,21-23H,2,5,7-17,20,27H2,1,3-4H3. The van der Waals surface area contributed by atoms with Crippen LogP contribution < -0.4 is 5.73 Å². The highest BCUT2D eigenvalue weighted by atomic mass is 14.7. The molecule has 0 saturated heterocycles. The summed E-state index contributed by atoms with van der Waals surface area (Å²) < 4.78 is 0. The molecule has 2 N–H and O–H groups in total. The lowest BCUT2D eigenvalue weighted by molar-refractivity contribution is 0.524. The van der Waals surface area contributed by atoms with Gasteiger partial charge in [0.25, 0.3) is 0 Å². The lowest BCUT2D eigenvalue weighted by Gasteiger charge is -2.26. The molecule has 0 aromatic heterocycles. The fraction of sp³-hybridized carbons (Fsp3) is 0.692. The second kappa shape index (κ2) is 14.0. The number of unbranched alkanes of at least 4 members (excludes halogenated alkanes) is 11. The topological polar surface area (TPSA) is 26.0 Å². The van der Waals surface area contributed by atoms with Crippen LogP contribution in [0, 0.1) is 0 Å². The van der Waals surface area contributed by atoms with Gasteiger partial charge in [-0.2, -0.15) is 0 Å². The number of nitrogens with two attached hydrogens (primary N) is 1. The molecule has 0 bridgehead atoms. The molecule has 27 heavy (non-hydrogen) atoms. The summed E-state index contributed by atoms with van der Waals surface area (Å²) in [5.41, 5.74) is 8.71. The van der Waals surface area contributed by atoms with Gasteiger partial charge in [0.15, 0.2) is 0 Å². The average Bonchev–Trinajstić information content (AvgIpc) is 2.65. The molecule has 0 aliphatic carbocycles. The van der Waals surface area contributed by atoms with E-state index in [1.165, 1.54) is 94.6 Å². The first-order valence-corrected chi connectivity index (χ1v) is 11.5. The van der Waals surface area contributed by atoms with E-state index < -0.39 is 0 Å². The second-order valence-corrected chi connectivity index (χ2v) is 8.83. The predicted octanol–water partition coefficient (Wildman–Crippen LogP) is 8.24. The van der Waals surface area contributed by atoms with E-state index in [2.05, 4.69) is 57.7 Å². The smallest absolute Gasteiger partial charge is 0.0355 e. The normalized spacial score (nSPS) is 12.9. The second-order valence-electron chi connectivity index (χ2n) is 8.83. The minimum atomic E-state index is -0.297. The molecule has 1 unspecified atom stereocenters. The third-order valence-corrected chi connectivity index (χ3v) is 5.71. The number of allylic oxidation sites excluding steroid dienone is 1. The van der Waals surface area contributed by atoms with Gasteiger partial charge in [-0.25, -0.2) is 0 Å². The summed E-state index contributed by atoms with van der Waals surface area (Å²) in [5, 5.41) is 0. The van der Waals surface area contributed by atoms with Gasteiger partial charge in [-0.15, -0.1) is 6.58 Å². The van der Waals surface area contributed by atoms with Gasteiger partial charge in [0.2, 0.25) is 0 Å². The van der Waals surface area contributed by atoms with E-state index in [1.54, 1.807) is 0 Å². The first-order valence-electron chi connectivity index (χ1n) is 11.5. The third-order valence-electron chi connectivity index (χ3n) is 5.71. The molecule has 0 amide bonds. The van der Waals surface area contributed by atoms with E-state index >= 15 is 0 Å². The van der Waals surface area contributed by atoms with Crippen LogP contribution in [0.2, 0.25) is 0 Å². The fourth-order valence-corrected chi connectivity index (χ4v) is 4.01. The number of rotatable bonds is 16. The predicted molar refractivity (Wildman–Crippen MR) is 122 cm³/mol. The van der Waals surface area contributed by atoms with Crippen molar-refractivity contribution >= 4 is 0 Å². The van der Waals surface area contributed by atoms with Crippen molar-refractivity contribution in [3.8, 4) is 0 Å². The van der Waals surface area contributed by atoms with Crippen LogP contribution in [0.15, 0.2) is 36.9 Å². The molecule has 0 spiro atoms. The zero-order valence-electron chi connectivity index (χ0n) is 18.4. The van der Waals surface area contributed by atoms with Gasteiger partial charge in [0, 0.05) is 11.5 Å². The Morgan fingerprint density at radius 3 is 1.81 bits per heavy atom. The van der Waals surface area contributed by atoms with E-state index in [1.807, 2.05) is 0 Å². The maximum Gasteiger partial charge on any atom is 0.0355 e. The highest BCUT2D eigenvalue weighted by Crippen LogP contribution is 2.31. The van der Waals surface area contributed by atoms with Gasteiger partial charge >= 0.3 is 0 Å². The number of benzene rings is 1. The number of hydrogen-bond donors (Lipinski definition) is 1. The monoisotopic (exact) mass is 371 g/mol. The molecule has 1 aromatic rings. The van der Waals surface area contributed by atoms with E-state index in [0.717, 1.165) is 0 Å². The summed E-state index contributed by atoms with van der Waals surface area (Å²) in [5.74, 6) is 0.423. The third kappa shape index (κ3) is 10.1. The van der Waals surface area contributed by atoms with Gasteiger partial charge in [0.05, 0.1) is 0 Å². The Morgan fingerprint density at radius 1 is 0.852 bits per heavy atom. The van der Waals surface area contributed by atoms with Gasteiger partial charge in [-0.3, -0.25) is 0 Å². The summed E-state index contributed by atoms with van der Waals surface area (Å²) in [4.78, 5) is 0. The maximum atomic E-state index is 6.38. The molecule has 0 radical (unpaired) electrons. The van der Waals surface area contributed by atoms with Gasteiger partial charge in [-0.1, -0.05) is 114 Å². The molecule has 1 aromatic carbocycles. The molecule has 1 nitrogen and oxygen atoms in total. The minimum absolute atomic E-state index is 0.297. The van der Waals surface area contributed by atoms with Crippen LogP contribution in [0.25, 0.3) is 0 Å². The van der Waals surface area contributed by atoms with Crippen LogP contribution in [0.5, 0.6) is 0 Å². The molecule has 1 heteroatoms. The van der Waals surface area contributed by atoms with Crippen LogP contribution in [0.1, 0.15) is 121 Å². The fourth-order valence-electron chi connectivity index (χ4n) is 4.01. The first kappa shape index (κ1) is 24.0. The first-order chi connectivity index (χ1) is 13.0. The lowest BCUT2D eigenvalue weighted by atomic mass is 9.83. The van der Waals surface area contributed by atoms with Crippen molar-refractivity contribution < 1.29 is 0 Å². The molecular formula is C26H45N. The van der Waals surface area contributed by atoms with E-state index in [9.17, 15) is 0 Å². The van der Waals surface area contributed by atoms with Crippen LogP contribution >= 0.6 is 0 Å². The Balaban J connectivity index is 2.20. The maximum absolute atomic E-state index is 6.38. The van der Waals surface area contributed by atoms with Crippen molar-refractivity contribution in [1.82, 2.24) is 0 Å². The summed E-state index contributed by atoms with van der Waals surface area (Å²) >= 11 is 0. The van der Waals surface area contributed by atoms with Crippen LogP contribution in [0.3, 0.4) is 0 Å². The van der Waals surface area contributed by atoms with Crippen molar-refractivity contribution in [2.24, 2.45) is 5.73 Å². The molecule has 1 atom stereocenters. The molecule has 0 saturated carbocycles. The van der Waals surface area contributed by atoms with Gasteiger partial charge in [0.1, 0.15) is 0 Å². The summed E-state index contributed by atoms with van der Waals surface area (Å²) in [6.45, 7) is 10.6. The summed E-state index contributed by atoms with van der Waals surface area (Å²) in [6, 6.07) is 8.63. The van der Waals surface area contributed by atoms with Crippen LogP contribution in [-0.4, -0.2) is 0 Å². The Morgan fingerprint density at radius 2 is 1.33 bits per heavy atom. The van der Waals surface area contributed by atoms with Crippen molar-refractivity contribution in [2.45, 2.75) is 116 Å². The molecule has 0 aliphatic rings. The van der Waals surface area contributed by atoms with Crippen molar-refractivity contribution in [3.63, 3.8) is 0 Å². The Labute approximate surface area is 169 Å². The van der Waals surface area contributed by atoms with Crippen molar-refractivity contribution in [1.29, 1.82) is 0 Å². The highest BCUT2D eigenvalue weighted by Gasteiger charge is 2.21. The molecule has 0 aliphatic heterocycles. The molecular weight excluding hydrogens is 326 g/mol. The van der Waals surface area contributed by atoms with Crippen LogP contribution in [0.4, 0.5) is 0 Å². The molecule has 0 heterocycles. The van der Waals surface area contributed by atoms with Crippen molar-refractivity contribution in [2.75, 3.05) is 0 Å². The number of hydrogen-bond acceptors (Lipinski definition) is 1. The Hall–Kier alpha value is -1.08. The average molecular weight is 372 g/mol. The summed E-state index contributed by atoms with van der Waals surface area (Å²) in [7, 11) is 0. The van der Waals surface area contributed by atoms with E-state index in [-0.39, 0.29) is 5.54 Å². The lowest BCUT2D eigenvalue weighted by Crippen LogP contribution is -2.30. The summed E-state index contributed by atoms with van der Waals surface area (Å²) in [6.07, 6.45) is 20.1. The largest absolute Gasteiger partial charge is 0.322 e. The van der Waals surface area contributed by atoms with Gasteiger partial charge < -0.3 is 5.73 Å². The Kier molecular flexibility index (Phi) is 12.4. The molecule has 0 fully saturated rings. The van der Waals surface area contributed by atoms with Gasteiger partial charge in [-0.05, 0) is 31.4 Å². The molecule has 1 rings (SSSR count). The van der Waals surface area contributed by atoms with Crippen LogP contribution in [-0.2, 0) is 5.54 Å². The quantitative estimate of drug-likeness (QED) is 0.230. The zero-order chi connectivity index (χ0) is 20.0. The minimum Gasteiger partial charge on any atom is -0.322 e. The van der Waals surface area contributed by atoms with E-state index in [4.69, 9.17) is 5.73 Å². The van der Waals surface area contributed by atoms with E-state index in [0.29, 0.717) is 5.92 Å². The molecule has 154 valence electrons. The zero-order valence-corrected chi connectivity index (χ0v) is 18.4. The van der Waals surface area contributed by atoms with Crippen molar-refractivity contribution in [3.05, 3.63) is 48.0 Å². The highest BCUT2D eigenvalue weighted by molar-refractivity contribution is 5.37. The SMILES string of the molecule is C=CC(CCCCCCCCCCCCCC)c1ccccc1C(C)(C)N. The Bertz CT molecular complexity index is 497.